The highest BCUT2D eigenvalue weighted by Gasteiger charge is 2.28. The van der Waals surface area contributed by atoms with Crippen molar-refractivity contribution in [3.8, 4) is 5.75 Å². The average molecular weight is 573 g/mol. The minimum Gasteiger partial charge on any atom is -0.439 e. The number of anilines is 1. The molecule has 6 heteroatoms. The van der Waals surface area contributed by atoms with Crippen LogP contribution in [0.15, 0.2) is 75.1 Å². The number of allylic oxidation sites excluding steroid dienone is 5. The molecular weight excluding hydrogens is 524 g/mol. The number of fused-ring (bicyclic) bond motifs is 1. The summed E-state index contributed by atoms with van der Waals surface area (Å²) in [6, 6.07) is 6.45. The molecule has 1 aromatic carbocycles. The molecule has 0 radical (unpaired) electrons. The van der Waals surface area contributed by atoms with E-state index in [1.54, 1.807) is 11.3 Å². The van der Waals surface area contributed by atoms with E-state index in [9.17, 15) is 0 Å². The van der Waals surface area contributed by atoms with E-state index in [0.29, 0.717) is 0 Å². The molecule has 0 aliphatic carbocycles. The van der Waals surface area contributed by atoms with Crippen LogP contribution in [0.3, 0.4) is 0 Å². The van der Waals surface area contributed by atoms with Crippen LogP contribution in [0.25, 0.3) is 0 Å². The molecule has 0 bridgehead atoms. The Morgan fingerprint density at radius 3 is 2.34 bits per heavy atom. The Balaban J connectivity index is 1.43. The smallest absolute Gasteiger partial charge is 0.200 e. The number of hydrogen-bond donors (Lipinski definition) is 0. The van der Waals surface area contributed by atoms with Crippen LogP contribution in [0.5, 0.6) is 5.75 Å². The predicted molar refractivity (Wildman–Crippen MR) is 176 cm³/mol. The van der Waals surface area contributed by atoms with Gasteiger partial charge in [-0.15, -0.1) is 11.3 Å². The van der Waals surface area contributed by atoms with Gasteiger partial charge in [-0.2, -0.15) is 0 Å². The molecule has 0 saturated heterocycles. The number of aryl methyl sites for hydroxylation is 1. The maximum atomic E-state index is 6.34. The lowest BCUT2D eigenvalue weighted by atomic mass is 9.95. The van der Waals surface area contributed by atoms with Crippen LogP contribution in [-0.4, -0.2) is 23.1 Å². The van der Waals surface area contributed by atoms with E-state index < -0.39 is 0 Å². The fourth-order valence-electron chi connectivity index (χ4n) is 5.08. The number of thiazole rings is 1. The van der Waals surface area contributed by atoms with Gasteiger partial charge in [-0.3, -0.25) is 0 Å². The van der Waals surface area contributed by atoms with Crippen LogP contribution < -0.4 is 9.64 Å². The first-order valence-corrected chi connectivity index (χ1v) is 16.4. The van der Waals surface area contributed by atoms with Crippen molar-refractivity contribution in [3.63, 3.8) is 0 Å². The first-order chi connectivity index (χ1) is 19.8. The third kappa shape index (κ3) is 8.75. The molecule has 1 aromatic heterocycles. The number of rotatable bonds is 14. The fraction of sp³-hybridized carbons (Fsp3) is 0.514. The highest BCUT2D eigenvalue weighted by Crippen LogP contribution is 2.40. The Kier molecular flexibility index (Phi) is 11.1. The second-order valence-corrected chi connectivity index (χ2v) is 13.2. The van der Waals surface area contributed by atoms with Crippen molar-refractivity contribution in [2.24, 2.45) is 15.4 Å². The molecule has 41 heavy (non-hydrogen) atoms. The molecule has 0 fully saturated rings. The van der Waals surface area contributed by atoms with E-state index in [1.807, 2.05) is 11.6 Å². The monoisotopic (exact) mass is 572 g/mol. The molecule has 2 aliphatic heterocycles. The van der Waals surface area contributed by atoms with Crippen LogP contribution in [0.2, 0.25) is 0 Å². The third-order valence-corrected chi connectivity index (χ3v) is 8.25. The number of amidine groups is 1. The number of unbranched alkanes of at least 4 members (excludes halogenated alkanes) is 9. The van der Waals surface area contributed by atoms with Gasteiger partial charge in [-0.25, -0.2) is 15.0 Å². The first kappa shape index (κ1) is 31.0. The average Bonchev–Trinajstić information content (AvgIpc) is 3.67. The summed E-state index contributed by atoms with van der Waals surface area (Å²) in [5.74, 6) is 2.66. The zero-order valence-electron chi connectivity index (χ0n) is 26.0. The minimum absolute atomic E-state index is 0.131. The summed E-state index contributed by atoms with van der Waals surface area (Å²) in [5, 5.41) is 2.88. The molecule has 220 valence electrons. The highest BCUT2D eigenvalue weighted by atomic mass is 32.1. The number of aromatic nitrogens is 1. The van der Waals surface area contributed by atoms with Crippen LogP contribution in [-0.2, 0) is 0 Å². The number of ether oxygens (including phenoxy) is 1. The summed E-state index contributed by atoms with van der Waals surface area (Å²) in [5.41, 5.74) is 5.10. The summed E-state index contributed by atoms with van der Waals surface area (Å²) in [4.78, 5) is 16.6. The largest absolute Gasteiger partial charge is 0.439 e. The van der Waals surface area contributed by atoms with Gasteiger partial charge in [-0.05, 0) is 55.7 Å². The highest BCUT2D eigenvalue weighted by molar-refractivity contribution is 7.12. The van der Waals surface area contributed by atoms with E-state index in [4.69, 9.17) is 14.7 Å². The van der Waals surface area contributed by atoms with Crippen molar-refractivity contribution >= 4 is 28.6 Å². The Labute approximate surface area is 251 Å². The summed E-state index contributed by atoms with van der Waals surface area (Å²) in [7, 11) is 0. The molecule has 0 N–H and O–H groups in total. The molecular formula is C35H48N4OS. The number of benzene rings is 1. The van der Waals surface area contributed by atoms with Crippen molar-refractivity contribution in [3.05, 3.63) is 75.7 Å². The minimum atomic E-state index is -0.131. The SMILES string of the molecule is CCCCCCCCCCCCN1C(=CC=C(C)C=C2N=C(C(C)(C)C)N=C2c2nccs2)Oc2ccc(C)cc21. The van der Waals surface area contributed by atoms with Crippen LogP contribution in [0.4, 0.5) is 5.69 Å². The van der Waals surface area contributed by atoms with E-state index in [2.05, 4.69) is 87.9 Å². The molecule has 0 amide bonds. The van der Waals surface area contributed by atoms with Gasteiger partial charge in [0.1, 0.15) is 16.6 Å². The third-order valence-electron chi connectivity index (χ3n) is 7.47. The summed E-state index contributed by atoms with van der Waals surface area (Å²) in [6.07, 6.45) is 21.5. The van der Waals surface area contributed by atoms with Gasteiger partial charge in [0.25, 0.3) is 0 Å². The Hall–Kier alpha value is -2.99. The zero-order chi connectivity index (χ0) is 29.2. The molecule has 2 aromatic rings. The normalized spacial score (nSPS) is 17.3. The van der Waals surface area contributed by atoms with Crippen molar-refractivity contribution in [2.75, 3.05) is 11.4 Å². The predicted octanol–water partition coefficient (Wildman–Crippen LogP) is 10.2. The van der Waals surface area contributed by atoms with E-state index in [1.165, 1.54) is 69.0 Å². The van der Waals surface area contributed by atoms with E-state index in [0.717, 1.165) is 52.4 Å². The van der Waals surface area contributed by atoms with Crippen molar-refractivity contribution in [1.29, 1.82) is 0 Å². The Morgan fingerprint density at radius 2 is 1.68 bits per heavy atom. The van der Waals surface area contributed by atoms with Crippen LogP contribution >= 0.6 is 11.3 Å². The Bertz CT molecular complexity index is 1310. The van der Waals surface area contributed by atoms with Crippen LogP contribution in [0, 0.1) is 12.3 Å². The molecule has 5 nitrogen and oxygen atoms in total. The van der Waals surface area contributed by atoms with Crippen molar-refractivity contribution in [2.45, 2.75) is 106 Å². The van der Waals surface area contributed by atoms with Gasteiger partial charge in [-0.1, -0.05) is 97.6 Å². The molecule has 0 spiro atoms. The van der Waals surface area contributed by atoms with Gasteiger partial charge in [0.05, 0.1) is 11.4 Å². The maximum Gasteiger partial charge on any atom is 0.200 e. The van der Waals surface area contributed by atoms with Gasteiger partial charge >= 0.3 is 0 Å². The topological polar surface area (TPSA) is 50.1 Å². The lowest BCUT2D eigenvalue weighted by molar-refractivity contribution is 0.436. The number of nitrogens with zero attached hydrogens (tertiary/aromatic N) is 4. The molecule has 0 unspecified atom stereocenters. The van der Waals surface area contributed by atoms with Crippen LogP contribution in [0.1, 0.15) is 109 Å². The standard InChI is InChI=1S/C35H48N4OS/c1-7-8-9-10-11-12-13-14-15-16-22-39-29-25-27(3)17-19-30(29)40-31(39)20-18-26(2)24-28-32(33-36-21-23-41-33)38-34(37-28)35(4,5)6/h17-21,23-25H,7-16,22H2,1-6H3. The molecule has 4 rings (SSSR count). The number of hydrogen-bond acceptors (Lipinski definition) is 6. The molecule has 3 heterocycles. The second kappa shape index (κ2) is 14.8. The second-order valence-electron chi connectivity index (χ2n) is 12.3. The Morgan fingerprint density at radius 1 is 0.976 bits per heavy atom. The lowest BCUT2D eigenvalue weighted by Crippen LogP contribution is -2.21. The van der Waals surface area contributed by atoms with E-state index in [-0.39, 0.29) is 5.41 Å². The van der Waals surface area contributed by atoms with E-state index >= 15 is 0 Å². The summed E-state index contributed by atoms with van der Waals surface area (Å²) in [6.45, 7) is 13.9. The first-order valence-electron chi connectivity index (χ1n) is 15.5. The molecule has 2 aliphatic rings. The van der Waals surface area contributed by atoms with Crippen molar-refractivity contribution in [1.82, 2.24) is 4.98 Å². The van der Waals surface area contributed by atoms with Crippen molar-refractivity contribution < 1.29 is 4.74 Å². The fourth-order valence-corrected chi connectivity index (χ4v) is 5.71. The summed E-state index contributed by atoms with van der Waals surface area (Å²) < 4.78 is 6.34. The van der Waals surface area contributed by atoms with Gasteiger partial charge in [0.2, 0.25) is 5.88 Å². The van der Waals surface area contributed by atoms with Gasteiger partial charge in [0.15, 0.2) is 5.75 Å². The van der Waals surface area contributed by atoms with Gasteiger partial charge < -0.3 is 9.64 Å². The molecule has 0 atom stereocenters. The molecule has 0 saturated carbocycles. The van der Waals surface area contributed by atoms with Gasteiger partial charge in [0, 0.05) is 23.5 Å². The maximum absolute atomic E-state index is 6.34. The zero-order valence-corrected chi connectivity index (χ0v) is 26.8. The summed E-state index contributed by atoms with van der Waals surface area (Å²) >= 11 is 1.59. The lowest BCUT2D eigenvalue weighted by Gasteiger charge is -2.18. The quantitative estimate of drug-likeness (QED) is 0.212. The number of aliphatic imine (C=N–C) groups is 2.